The van der Waals surface area contributed by atoms with Crippen LogP contribution in [-0.4, -0.2) is 42.2 Å². The summed E-state index contributed by atoms with van der Waals surface area (Å²) in [5, 5.41) is 2.64. The Hall–Kier alpha value is -3.37. The van der Waals surface area contributed by atoms with Crippen molar-refractivity contribution in [3.8, 4) is 11.6 Å². The minimum absolute atomic E-state index is 0.00154. The number of sulfonamides is 1. The maximum absolute atomic E-state index is 13.3. The average molecular weight is 430 g/mol. The van der Waals surface area contributed by atoms with E-state index >= 15 is 0 Å². The number of nitrogens with zero attached hydrogens (tertiary/aromatic N) is 3. The van der Waals surface area contributed by atoms with Gasteiger partial charge in [-0.05, 0) is 30.3 Å². The van der Waals surface area contributed by atoms with Crippen molar-refractivity contribution in [2.75, 3.05) is 13.6 Å². The monoisotopic (exact) mass is 430 g/mol. The molecule has 2 heterocycles. The molecule has 1 aromatic carbocycles. The van der Waals surface area contributed by atoms with Crippen molar-refractivity contribution >= 4 is 15.9 Å². The molecule has 0 unspecified atom stereocenters. The molecule has 0 atom stereocenters. The van der Waals surface area contributed by atoms with E-state index in [1.54, 1.807) is 18.2 Å². The highest BCUT2D eigenvalue weighted by molar-refractivity contribution is 7.89. The molecule has 8 nitrogen and oxygen atoms in total. The lowest BCUT2D eigenvalue weighted by molar-refractivity contribution is -0.121. The fourth-order valence-electron chi connectivity index (χ4n) is 2.51. The van der Waals surface area contributed by atoms with E-state index in [0.717, 1.165) is 4.31 Å². The van der Waals surface area contributed by atoms with E-state index in [1.165, 1.54) is 56.0 Å². The summed E-state index contributed by atoms with van der Waals surface area (Å²) >= 11 is 0. The van der Waals surface area contributed by atoms with Crippen molar-refractivity contribution < 1.29 is 22.3 Å². The first-order valence-corrected chi connectivity index (χ1v) is 10.3. The molecular formula is C20H19FN4O4S. The Morgan fingerprint density at radius 2 is 1.97 bits per heavy atom. The molecule has 0 spiro atoms. The van der Waals surface area contributed by atoms with Crippen molar-refractivity contribution in [3.63, 3.8) is 0 Å². The summed E-state index contributed by atoms with van der Waals surface area (Å²) < 4.78 is 44.8. The molecule has 0 saturated carbocycles. The number of benzene rings is 1. The highest BCUT2D eigenvalue weighted by Crippen LogP contribution is 2.23. The number of hydrogen-bond acceptors (Lipinski definition) is 6. The highest BCUT2D eigenvalue weighted by atomic mass is 32.2. The van der Waals surface area contributed by atoms with E-state index in [0.29, 0.717) is 5.56 Å². The quantitative estimate of drug-likeness (QED) is 0.589. The van der Waals surface area contributed by atoms with Gasteiger partial charge in [0.25, 0.3) is 0 Å². The van der Waals surface area contributed by atoms with E-state index in [9.17, 15) is 17.6 Å². The maximum Gasteiger partial charge on any atom is 0.244 e. The number of carbonyl (C=O) groups excluding carboxylic acids is 1. The van der Waals surface area contributed by atoms with Crippen LogP contribution in [0.5, 0.6) is 11.6 Å². The van der Waals surface area contributed by atoms with Gasteiger partial charge in [0.15, 0.2) is 0 Å². The smallest absolute Gasteiger partial charge is 0.244 e. The summed E-state index contributed by atoms with van der Waals surface area (Å²) in [7, 11) is -2.52. The second-order valence-electron chi connectivity index (χ2n) is 6.25. The van der Waals surface area contributed by atoms with Crippen molar-refractivity contribution in [3.05, 3.63) is 78.5 Å². The molecule has 2 aromatic heterocycles. The van der Waals surface area contributed by atoms with Gasteiger partial charge >= 0.3 is 0 Å². The van der Waals surface area contributed by atoms with Crippen LogP contribution in [0.3, 0.4) is 0 Å². The van der Waals surface area contributed by atoms with Crippen LogP contribution in [0.2, 0.25) is 0 Å². The van der Waals surface area contributed by atoms with Gasteiger partial charge in [0, 0.05) is 43.8 Å². The lowest BCUT2D eigenvalue weighted by Gasteiger charge is -2.17. The number of halogens is 1. The van der Waals surface area contributed by atoms with Crippen LogP contribution in [0.25, 0.3) is 0 Å². The normalized spacial score (nSPS) is 11.3. The fourth-order valence-corrected chi connectivity index (χ4v) is 3.60. The van der Waals surface area contributed by atoms with Gasteiger partial charge in [-0.25, -0.2) is 17.8 Å². The number of hydrogen-bond donors (Lipinski definition) is 1. The van der Waals surface area contributed by atoms with E-state index in [4.69, 9.17) is 4.74 Å². The summed E-state index contributed by atoms with van der Waals surface area (Å²) in [5.74, 6) is -0.481. The number of nitrogens with one attached hydrogen (secondary N) is 1. The second kappa shape index (κ2) is 9.42. The molecule has 0 aliphatic heterocycles. The van der Waals surface area contributed by atoms with Crippen molar-refractivity contribution in [1.82, 2.24) is 19.6 Å². The van der Waals surface area contributed by atoms with E-state index in [1.807, 2.05) is 0 Å². The fraction of sp³-hybridized carbons (Fsp3) is 0.150. The SMILES string of the molecule is CN(CC(=O)NCc1cccnc1Oc1cccc(F)c1)S(=O)(=O)c1cccnc1. The molecule has 0 fully saturated rings. The van der Waals surface area contributed by atoms with Crippen LogP contribution in [0.1, 0.15) is 5.56 Å². The summed E-state index contributed by atoms with van der Waals surface area (Å²) in [6.07, 6.45) is 4.19. The lowest BCUT2D eigenvalue weighted by Crippen LogP contribution is -2.38. The van der Waals surface area contributed by atoms with Crippen molar-refractivity contribution in [1.29, 1.82) is 0 Å². The van der Waals surface area contributed by atoms with Crippen LogP contribution >= 0.6 is 0 Å². The molecule has 0 aliphatic carbocycles. The first-order valence-electron chi connectivity index (χ1n) is 8.86. The molecule has 0 saturated heterocycles. The minimum Gasteiger partial charge on any atom is -0.439 e. The molecule has 156 valence electrons. The zero-order chi connectivity index (χ0) is 21.6. The third-order valence-electron chi connectivity index (χ3n) is 4.05. The number of likely N-dealkylation sites (N-methyl/N-ethyl adjacent to an activating group) is 1. The Morgan fingerprint density at radius 3 is 2.70 bits per heavy atom. The van der Waals surface area contributed by atoms with Gasteiger partial charge in [-0.2, -0.15) is 4.31 Å². The van der Waals surface area contributed by atoms with Gasteiger partial charge in [-0.1, -0.05) is 12.1 Å². The van der Waals surface area contributed by atoms with Gasteiger partial charge in [-0.15, -0.1) is 0 Å². The van der Waals surface area contributed by atoms with Gasteiger partial charge in [0.1, 0.15) is 16.5 Å². The molecule has 0 bridgehead atoms. The van der Waals surface area contributed by atoms with E-state index < -0.39 is 21.7 Å². The highest BCUT2D eigenvalue weighted by Gasteiger charge is 2.23. The number of carbonyl (C=O) groups is 1. The van der Waals surface area contributed by atoms with Gasteiger partial charge in [-0.3, -0.25) is 9.78 Å². The summed E-state index contributed by atoms with van der Waals surface area (Å²) in [6.45, 7) is -0.324. The van der Waals surface area contributed by atoms with E-state index in [2.05, 4.69) is 15.3 Å². The van der Waals surface area contributed by atoms with Gasteiger partial charge < -0.3 is 10.1 Å². The first-order chi connectivity index (χ1) is 14.4. The lowest BCUT2D eigenvalue weighted by atomic mass is 10.2. The van der Waals surface area contributed by atoms with Gasteiger partial charge in [0.2, 0.25) is 21.8 Å². The van der Waals surface area contributed by atoms with Crippen molar-refractivity contribution in [2.24, 2.45) is 0 Å². The third kappa shape index (κ3) is 5.37. The molecule has 10 heteroatoms. The summed E-state index contributed by atoms with van der Waals surface area (Å²) in [6, 6.07) is 11.9. The Balaban J connectivity index is 1.62. The minimum atomic E-state index is -3.83. The molecule has 30 heavy (non-hydrogen) atoms. The third-order valence-corrected chi connectivity index (χ3v) is 5.83. The number of pyridine rings is 2. The molecule has 0 radical (unpaired) electrons. The van der Waals surface area contributed by atoms with Gasteiger partial charge in [0.05, 0.1) is 6.54 Å². The number of amides is 1. The first kappa shape index (κ1) is 21.3. The average Bonchev–Trinajstić information content (AvgIpc) is 2.74. The number of ether oxygens (including phenoxy) is 1. The molecule has 3 rings (SSSR count). The zero-order valence-electron chi connectivity index (χ0n) is 16.0. The zero-order valence-corrected chi connectivity index (χ0v) is 16.8. The predicted molar refractivity (Wildman–Crippen MR) is 107 cm³/mol. The van der Waals surface area contributed by atoms with Crippen LogP contribution < -0.4 is 10.1 Å². The Kier molecular flexibility index (Phi) is 6.70. The predicted octanol–water partition coefficient (Wildman–Crippen LogP) is 2.34. The summed E-state index contributed by atoms with van der Waals surface area (Å²) in [4.78, 5) is 20.2. The summed E-state index contributed by atoms with van der Waals surface area (Å²) in [5.41, 5.74) is 0.549. The van der Waals surface area contributed by atoms with Crippen molar-refractivity contribution in [2.45, 2.75) is 11.4 Å². The van der Waals surface area contributed by atoms with Crippen LogP contribution in [0, 0.1) is 5.82 Å². The van der Waals surface area contributed by atoms with Crippen LogP contribution in [0.4, 0.5) is 4.39 Å². The maximum atomic E-state index is 13.3. The number of aromatic nitrogens is 2. The molecular weight excluding hydrogens is 411 g/mol. The van der Waals surface area contributed by atoms with E-state index in [-0.39, 0.29) is 29.6 Å². The Morgan fingerprint density at radius 1 is 1.17 bits per heavy atom. The second-order valence-corrected chi connectivity index (χ2v) is 8.30. The Labute approximate surface area is 173 Å². The Bertz CT molecular complexity index is 1130. The molecule has 3 aromatic rings. The molecule has 1 N–H and O–H groups in total. The largest absolute Gasteiger partial charge is 0.439 e. The molecule has 1 amide bonds. The topological polar surface area (TPSA) is 101 Å². The molecule has 0 aliphatic rings. The van der Waals surface area contributed by atoms with Crippen LogP contribution in [-0.2, 0) is 21.4 Å². The van der Waals surface area contributed by atoms with Crippen LogP contribution in [0.15, 0.2) is 72.0 Å². The standard InChI is InChI=1S/C20H19FN4O4S/c1-25(30(27,28)18-8-4-9-22-13-18)14-19(26)24-12-15-5-3-10-23-20(15)29-17-7-2-6-16(21)11-17/h2-11,13H,12,14H2,1H3,(H,24,26). The number of rotatable bonds is 8.